The van der Waals surface area contributed by atoms with Gasteiger partial charge in [0.1, 0.15) is 5.56 Å². The Bertz CT molecular complexity index is 437. The van der Waals surface area contributed by atoms with E-state index in [0.29, 0.717) is 19.5 Å². The number of nitrogens with one attached hydrogen (secondary N) is 1. The van der Waals surface area contributed by atoms with E-state index in [1.54, 1.807) is 0 Å². The van der Waals surface area contributed by atoms with E-state index in [0.717, 1.165) is 6.07 Å². The van der Waals surface area contributed by atoms with Gasteiger partial charge in [-0.2, -0.15) is 0 Å². The van der Waals surface area contributed by atoms with Crippen molar-refractivity contribution < 1.29 is 9.72 Å². The number of amides is 1. The van der Waals surface area contributed by atoms with Gasteiger partial charge in [0.25, 0.3) is 11.6 Å². The van der Waals surface area contributed by atoms with Crippen molar-refractivity contribution in [2.45, 2.75) is 6.42 Å². The molecule has 6 nitrogen and oxygen atoms in total. The molecule has 0 radical (unpaired) electrons. The van der Waals surface area contributed by atoms with Crippen molar-refractivity contribution in [3.8, 4) is 0 Å². The topological polar surface area (TPSA) is 98.3 Å². The third-order valence-corrected chi connectivity index (χ3v) is 2.30. The Balaban J connectivity index is 2.89. The maximum atomic E-state index is 11.7. The van der Waals surface area contributed by atoms with Crippen LogP contribution in [0.2, 0.25) is 5.02 Å². The van der Waals surface area contributed by atoms with Crippen molar-refractivity contribution in [1.29, 1.82) is 0 Å². The zero-order chi connectivity index (χ0) is 12.8. The van der Waals surface area contributed by atoms with Gasteiger partial charge in [-0.25, -0.2) is 0 Å². The molecule has 0 aromatic heterocycles. The van der Waals surface area contributed by atoms with Crippen molar-refractivity contribution >= 4 is 23.2 Å². The van der Waals surface area contributed by atoms with E-state index in [4.69, 9.17) is 17.3 Å². The first kappa shape index (κ1) is 13.4. The standard InChI is InChI=1S/C10H12ClN3O3/c11-7-2-3-8(9(6-7)14(16)17)10(15)13-5-1-4-12/h2-3,6H,1,4-5,12H2,(H,13,15). The van der Waals surface area contributed by atoms with Crippen molar-refractivity contribution in [2.75, 3.05) is 13.1 Å². The summed E-state index contributed by atoms with van der Waals surface area (Å²) in [7, 11) is 0. The minimum absolute atomic E-state index is 0.00331. The van der Waals surface area contributed by atoms with Crippen LogP contribution >= 0.6 is 11.6 Å². The number of benzene rings is 1. The number of nitrogens with two attached hydrogens (primary N) is 1. The first-order valence-electron chi connectivity index (χ1n) is 4.98. The van der Waals surface area contributed by atoms with Gasteiger partial charge in [-0.1, -0.05) is 11.6 Å². The number of nitrogens with zero attached hydrogens (tertiary/aromatic N) is 1. The highest BCUT2D eigenvalue weighted by molar-refractivity contribution is 6.31. The number of carbonyl (C=O) groups excluding carboxylic acids is 1. The Labute approximate surface area is 103 Å². The Morgan fingerprint density at radius 1 is 1.53 bits per heavy atom. The fourth-order valence-electron chi connectivity index (χ4n) is 1.25. The normalized spacial score (nSPS) is 10.0. The molecule has 1 aromatic rings. The molecule has 0 heterocycles. The molecule has 0 aliphatic rings. The molecule has 0 unspecified atom stereocenters. The molecule has 0 bridgehead atoms. The average Bonchev–Trinajstić information content (AvgIpc) is 2.29. The van der Waals surface area contributed by atoms with Crippen LogP contribution in [-0.2, 0) is 0 Å². The predicted octanol–water partition coefficient (Wildman–Crippen LogP) is 1.33. The lowest BCUT2D eigenvalue weighted by Crippen LogP contribution is -2.26. The summed E-state index contributed by atoms with van der Waals surface area (Å²) in [5.74, 6) is -0.498. The van der Waals surface area contributed by atoms with Gasteiger partial charge >= 0.3 is 0 Å². The van der Waals surface area contributed by atoms with Crippen LogP contribution in [0.25, 0.3) is 0 Å². The number of hydrogen-bond acceptors (Lipinski definition) is 4. The van der Waals surface area contributed by atoms with E-state index in [1.807, 2.05) is 0 Å². The fraction of sp³-hybridized carbons (Fsp3) is 0.300. The van der Waals surface area contributed by atoms with Crippen molar-refractivity contribution in [1.82, 2.24) is 5.32 Å². The Hall–Kier alpha value is -1.66. The molecule has 1 aromatic carbocycles. The maximum absolute atomic E-state index is 11.7. The maximum Gasteiger partial charge on any atom is 0.283 e. The molecular weight excluding hydrogens is 246 g/mol. The van der Waals surface area contributed by atoms with Crippen molar-refractivity contribution in [3.63, 3.8) is 0 Å². The molecule has 0 saturated heterocycles. The van der Waals surface area contributed by atoms with Gasteiger partial charge in [-0.15, -0.1) is 0 Å². The first-order chi connectivity index (χ1) is 8.06. The molecule has 17 heavy (non-hydrogen) atoms. The number of rotatable bonds is 5. The quantitative estimate of drug-likeness (QED) is 0.472. The molecule has 0 fully saturated rings. The van der Waals surface area contributed by atoms with E-state index in [9.17, 15) is 14.9 Å². The number of halogens is 1. The summed E-state index contributed by atoms with van der Waals surface area (Å²) in [5, 5.41) is 13.5. The minimum atomic E-state index is -0.635. The SMILES string of the molecule is NCCCNC(=O)c1ccc(Cl)cc1[N+](=O)[O-]. The molecule has 1 rings (SSSR count). The van der Waals surface area contributed by atoms with Crippen LogP contribution < -0.4 is 11.1 Å². The zero-order valence-corrected chi connectivity index (χ0v) is 9.74. The van der Waals surface area contributed by atoms with Gasteiger partial charge in [0.2, 0.25) is 0 Å². The summed E-state index contributed by atoms with van der Waals surface area (Å²) in [6.45, 7) is 0.831. The van der Waals surface area contributed by atoms with Crippen LogP contribution in [0, 0.1) is 10.1 Å². The number of hydrogen-bond donors (Lipinski definition) is 2. The number of nitro groups is 1. The van der Waals surface area contributed by atoms with Gasteiger partial charge in [0.15, 0.2) is 0 Å². The summed E-state index contributed by atoms with van der Waals surface area (Å²) in [6, 6.07) is 3.92. The first-order valence-corrected chi connectivity index (χ1v) is 5.36. The summed E-state index contributed by atoms with van der Waals surface area (Å²) >= 11 is 5.64. The average molecular weight is 258 g/mol. The molecule has 7 heteroatoms. The molecule has 3 N–H and O–H groups in total. The Morgan fingerprint density at radius 2 is 2.24 bits per heavy atom. The highest BCUT2D eigenvalue weighted by atomic mass is 35.5. The largest absolute Gasteiger partial charge is 0.352 e. The van der Waals surface area contributed by atoms with Crippen molar-refractivity contribution in [3.05, 3.63) is 38.9 Å². The minimum Gasteiger partial charge on any atom is -0.352 e. The van der Waals surface area contributed by atoms with E-state index < -0.39 is 10.8 Å². The second kappa shape index (κ2) is 6.17. The molecule has 0 aliphatic heterocycles. The molecule has 1 amide bonds. The van der Waals surface area contributed by atoms with Gasteiger partial charge in [-0.05, 0) is 25.1 Å². The molecule has 0 spiro atoms. The second-order valence-corrected chi connectivity index (χ2v) is 3.75. The van der Waals surface area contributed by atoms with Crippen LogP contribution in [0.3, 0.4) is 0 Å². The monoisotopic (exact) mass is 257 g/mol. The molecular formula is C10H12ClN3O3. The molecule has 0 aliphatic carbocycles. The highest BCUT2D eigenvalue weighted by Crippen LogP contribution is 2.22. The molecule has 92 valence electrons. The van der Waals surface area contributed by atoms with Gasteiger partial charge < -0.3 is 11.1 Å². The predicted molar refractivity (Wildman–Crippen MR) is 64.1 cm³/mol. The van der Waals surface area contributed by atoms with E-state index in [1.165, 1.54) is 12.1 Å². The van der Waals surface area contributed by atoms with Gasteiger partial charge in [0.05, 0.1) is 4.92 Å². The van der Waals surface area contributed by atoms with Crippen molar-refractivity contribution in [2.24, 2.45) is 5.73 Å². The number of nitro benzene ring substituents is 1. The smallest absolute Gasteiger partial charge is 0.283 e. The van der Waals surface area contributed by atoms with Crippen LogP contribution in [0.4, 0.5) is 5.69 Å². The lowest BCUT2D eigenvalue weighted by molar-refractivity contribution is -0.385. The molecule has 0 atom stereocenters. The Morgan fingerprint density at radius 3 is 2.82 bits per heavy atom. The Kier molecular flexibility index (Phi) is 4.86. The zero-order valence-electron chi connectivity index (χ0n) is 8.98. The van der Waals surface area contributed by atoms with Crippen LogP contribution in [-0.4, -0.2) is 23.9 Å². The lowest BCUT2D eigenvalue weighted by atomic mass is 10.1. The van der Waals surface area contributed by atoms with Crippen LogP contribution in [0.5, 0.6) is 0 Å². The lowest BCUT2D eigenvalue weighted by Gasteiger charge is -2.05. The summed E-state index contributed by atoms with van der Waals surface area (Å²) < 4.78 is 0. The summed E-state index contributed by atoms with van der Waals surface area (Å²) in [6.07, 6.45) is 0.618. The van der Waals surface area contributed by atoms with E-state index in [-0.39, 0.29) is 16.3 Å². The third kappa shape index (κ3) is 3.69. The second-order valence-electron chi connectivity index (χ2n) is 3.32. The van der Waals surface area contributed by atoms with Crippen LogP contribution in [0.15, 0.2) is 18.2 Å². The van der Waals surface area contributed by atoms with Crippen LogP contribution in [0.1, 0.15) is 16.8 Å². The van der Waals surface area contributed by atoms with Gasteiger partial charge in [0, 0.05) is 17.6 Å². The summed E-state index contributed by atoms with van der Waals surface area (Å²) in [5.41, 5.74) is 4.97. The molecule has 0 saturated carbocycles. The van der Waals surface area contributed by atoms with Gasteiger partial charge in [-0.3, -0.25) is 14.9 Å². The fourth-order valence-corrected chi connectivity index (χ4v) is 1.41. The summed E-state index contributed by atoms with van der Waals surface area (Å²) in [4.78, 5) is 21.8. The third-order valence-electron chi connectivity index (χ3n) is 2.07. The highest BCUT2D eigenvalue weighted by Gasteiger charge is 2.19. The van der Waals surface area contributed by atoms with E-state index in [2.05, 4.69) is 5.32 Å². The number of carbonyl (C=O) groups is 1. The van der Waals surface area contributed by atoms with E-state index >= 15 is 0 Å².